The SMILES string of the molecule is CONC(=NO)c1ccc(Br)cc1C. The summed E-state index contributed by atoms with van der Waals surface area (Å²) in [7, 11) is 1.46. The van der Waals surface area contributed by atoms with Crippen LogP contribution in [-0.2, 0) is 4.84 Å². The van der Waals surface area contributed by atoms with Crippen LogP contribution in [-0.4, -0.2) is 18.2 Å². The Hall–Kier alpha value is -1.07. The first kappa shape index (κ1) is 11.0. The predicted octanol–water partition coefficient (Wildman–Crippen LogP) is 2.04. The van der Waals surface area contributed by atoms with E-state index >= 15 is 0 Å². The molecule has 0 radical (unpaired) electrons. The number of aryl methyl sites for hydroxylation is 1. The Morgan fingerprint density at radius 1 is 1.57 bits per heavy atom. The number of rotatable bonds is 2. The topological polar surface area (TPSA) is 53.8 Å². The second-order valence-electron chi connectivity index (χ2n) is 2.71. The lowest BCUT2D eigenvalue weighted by Gasteiger charge is -2.08. The molecule has 0 aromatic heterocycles. The number of oxime groups is 1. The monoisotopic (exact) mass is 258 g/mol. The first-order chi connectivity index (χ1) is 6.69. The molecule has 0 atom stereocenters. The smallest absolute Gasteiger partial charge is 0.196 e. The molecule has 5 heteroatoms. The highest BCUT2D eigenvalue weighted by molar-refractivity contribution is 9.10. The van der Waals surface area contributed by atoms with Gasteiger partial charge in [0.25, 0.3) is 0 Å². The summed E-state index contributed by atoms with van der Waals surface area (Å²) in [5.41, 5.74) is 4.27. The maximum Gasteiger partial charge on any atom is 0.196 e. The minimum absolute atomic E-state index is 0.289. The Morgan fingerprint density at radius 3 is 2.79 bits per heavy atom. The molecule has 1 aromatic carbocycles. The molecular weight excluding hydrogens is 248 g/mol. The van der Waals surface area contributed by atoms with Gasteiger partial charge in [0.2, 0.25) is 0 Å². The van der Waals surface area contributed by atoms with Gasteiger partial charge >= 0.3 is 0 Å². The van der Waals surface area contributed by atoms with Gasteiger partial charge in [0.15, 0.2) is 5.84 Å². The summed E-state index contributed by atoms with van der Waals surface area (Å²) >= 11 is 3.35. The Balaban J connectivity index is 3.05. The molecule has 0 saturated heterocycles. The molecule has 0 fully saturated rings. The van der Waals surface area contributed by atoms with E-state index in [4.69, 9.17) is 5.21 Å². The zero-order valence-corrected chi connectivity index (χ0v) is 9.50. The number of halogens is 1. The molecule has 0 aliphatic rings. The summed E-state index contributed by atoms with van der Waals surface area (Å²) in [5, 5.41) is 11.8. The van der Waals surface area contributed by atoms with Gasteiger partial charge in [-0.15, -0.1) is 0 Å². The molecule has 4 nitrogen and oxygen atoms in total. The van der Waals surface area contributed by atoms with Crippen LogP contribution in [0, 0.1) is 6.92 Å². The molecule has 1 rings (SSSR count). The van der Waals surface area contributed by atoms with Crippen molar-refractivity contribution in [1.29, 1.82) is 0 Å². The molecule has 0 aliphatic heterocycles. The third-order valence-corrected chi connectivity index (χ3v) is 2.24. The van der Waals surface area contributed by atoms with Gasteiger partial charge in [-0.25, -0.2) is 5.48 Å². The molecule has 0 saturated carbocycles. The van der Waals surface area contributed by atoms with Crippen molar-refractivity contribution in [1.82, 2.24) is 5.48 Å². The molecule has 2 N–H and O–H groups in total. The van der Waals surface area contributed by atoms with Crippen molar-refractivity contribution in [2.45, 2.75) is 6.92 Å². The van der Waals surface area contributed by atoms with E-state index in [0.717, 1.165) is 15.6 Å². The lowest BCUT2D eigenvalue weighted by atomic mass is 10.1. The summed E-state index contributed by atoms with van der Waals surface area (Å²) in [5.74, 6) is 0.289. The molecule has 0 aliphatic carbocycles. The molecule has 0 amide bonds. The summed E-state index contributed by atoms with van der Waals surface area (Å²) in [6.45, 7) is 1.92. The van der Waals surface area contributed by atoms with Crippen molar-refractivity contribution in [2.75, 3.05) is 7.11 Å². The fourth-order valence-corrected chi connectivity index (χ4v) is 1.59. The third kappa shape index (κ3) is 2.46. The second kappa shape index (κ2) is 4.97. The van der Waals surface area contributed by atoms with Gasteiger partial charge in [-0.1, -0.05) is 21.1 Å². The average molecular weight is 259 g/mol. The van der Waals surface area contributed by atoms with Gasteiger partial charge in [-0.2, -0.15) is 0 Å². The number of amidine groups is 1. The minimum atomic E-state index is 0.289. The van der Waals surface area contributed by atoms with Gasteiger partial charge in [0.05, 0.1) is 7.11 Å². The lowest BCUT2D eigenvalue weighted by molar-refractivity contribution is 0.140. The normalized spacial score (nSPS) is 11.5. The van der Waals surface area contributed by atoms with Crippen LogP contribution in [0.3, 0.4) is 0 Å². The van der Waals surface area contributed by atoms with E-state index in [2.05, 4.69) is 31.4 Å². The van der Waals surface area contributed by atoms with Crippen LogP contribution in [0.25, 0.3) is 0 Å². The van der Waals surface area contributed by atoms with Gasteiger partial charge < -0.3 is 5.21 Å². The van der Waals surface area contributed by atoms with Crippen LogP contribution in [0.15, 0.2) is 27.8 Å². The number of benzene rings is 1. The van der Waals surface area contributed by atoms with Gasteiger partial charge in [-0.05, 0) is 30.7 Å². The van der Waals surface area contributed by atoms with Crippen LogP contribution in [0.1, 0.15) is 11.1 Å². The molecule has 0 unspecified atom stereocenters. The quantitative estimate of drug-likeness (QED) is 0.370. The first-order valence-corrected chi connectivity index (χ1v) is 4.76. The zero-order chi connectivity index (χ0) is 10.6. The number of hydrogen-bond donors (Lipinski definition) is 2. The van der Waals surface area contributed by atoms with E-state index in [1.165, 1.54) is 7.11 Å². The van der Waals surface area contributed by atoms with Gasteiger partial charge in [0.1, 0.15) is 0 Å². The van der Waals surface area contributed by atoms with E-state index in [-0.39, 0.29) is 5.84 Å². The molecule has 1 aromatic rings. The molecule has 0 spiro atoms. The standard InChI is InChI=1S/C9H11BrN2O2/c1-6-5-7(10)3-4-8(6)9(11-13)12-14-2/h3-5,13H,1-2H3,(H,11,12). The molecule has 76 valence electrons. The Bertz CT molecular complexity index is 353. The molecule has 0 bridgehead atoms. The van der Waals surface area contributed by atoms with E-state index in [1.54, 1.807) is 0 Å². The second-order valence-corrected chi connectivity index (χ2v) is 3.63. The molecule has 14 heavy (non-hydrogen) atoms. The van der Waals surface area contributed by atoms with Crippen molar-refractivity contribution >= 4 is 21.8 Å². The summed E-state index contributed by atoms with van der Waals surface area (Å²) < 4.78 is 0.980. The van der Waals surface area contributed by atoms with Gasteiger partial charge in [0, 0.05) is 10.0 Å². The highest BCUT2D eigenvalue weighted by Crippen LogP contribution is 2.15. The predicted molar refractivity (Wildman–Crippen MR) is 57.3 cm³/mol. The van der Waals surface area contributed by atoms with E-state index in [9.17, 15) is 0 Å². The van der Waals surface area contributed by atoms with Crippen molar-refractivity contribution < 1.29 is 10.0 Å². The highest BCUT2D eigenvalue weighted by atomic mass is 79.9. The van der Waals surface area contributed by atoms with Crippen molar-refractivity contribution in [3.63, 3.8) is 0 Å². The summed E-state index contributed by atoms with van der Waals surface area (Å²) in [6, 6.07) is 5.63. The fraction of sp³-hybridized carbons (Fsp3) is 0.222. The zero-order valence-electron chi connectivity index (χ0n) is 7.91. The van der Waals surface area contributed by atoms with Crippen LogP contribution in [0.4, 0.5) is 0 Å². The van der Waals surface area contributed by atoms with Crippen molar-refractivity contribution in [3.8, 4) is 0 Å². The number of nitrogens with one attached hydrogen (secondary N) is 1. The van der Waals surface area contributed by atoms with E-state index < -0.39 is 0 Å². The van der Waals surface area contributed by atoms with Crippen LogP contribution in [0.2, 0.25) is 0 Å². The summed E-state index contributed by atoms with van der Waals surface area (Å²) in [6.07, 6.45) is 0. The average Bonchev–Trinajstić information content (AvgIpc) is 2.15. The molecular formula is C9H11BrN2O2. The third-order valence-electron chi connectivity index (χ3n) is 1.74. The Kier molecular flexibility index (Phi) is 3.91. The first-order valence-electron chi connectivity index (χ1n) is 3.96. The van der Waals surface area contributed by atoms with Crippen LogP contribution < -0.4 is 5.48 Å². The largest absolute Gasteiger partial charge is 0.409 e. The fourth-order valence-electron chi connectivity index (χ4n) is 1.12. The molecule has 0 heterocycles. The maximum atomic E-state index is 8.74. The van der Waals surface area contributed by atoms with Crippen LogP contribution in [0.5, 0.6) is 0 Å². The maximum absolute atomic E-state index is 8.74. The Labute approximate surface area is 90.7 Å². The van der Waals surface area contributed by atoms with Crippen LogP contribution >= 0.6 is 15.9 Å². The number of nitrogens with zero attached hydrogens (tertiary/aromatic N) is 1. The van der Waals surface area contributed by atoms with E-state index in [1.807, 2.05) is 25.1 Å². The highest BCUT2D eigenvalue weighted by Gasteiger charge is 2.06. The van der Waals surface area contributed by atoms with Crippen molar-refractivity contribution in [3.05, 3.63) is 33.8 Å². The lowest BCUT2D eigenvalue weighted by Crippen LogP contribution is -2.23. The number of hydroxylamine groups is 1. The number of hydrogen-bond acceptors (Lipinski definition) is 3. The Morgan fingerprint density at radius 2 is 2.29 bits per heavy atom. The van der Waals surface area contributed by atoms with Crippen molar-refractivity contribution in [2.24, 2.45) is 5.16 Å². The summed E-state index contributed by atoms with van der Waals surface area (Å²) in [4.78, 5) is 4.68. The minimum Gasteiger partial charge on any atom is -0.409 e. The van der Waals surface area contributed by atoms with Gasteiger partial charge in [-0.3, -0.25) is 4.84 Å². The van der Waals surface area contributed by atoms with E-state index in [0.29, 0.717) is 0 Å².